The molecule has 0 aliphatic heterocycles. The minimum atomic E-state index is 0. The van der Waals surface area contributed by atoms with Crippen molar-refractivity contribution < 1.29 is 14.2 Å². The molecule has 0 heterocycles. The van der Waals surface area contributed by atoms with E-state index in [0.29, 0.717) is 19.3 Å². The van der Waals surface area contributed by atoms with Gasteiger partial charge in [0.25, 0.3) is 0 Å². The monoisotopic (exact) mass is 331 g/mol. The van der Waals surface area contributed by atoms with E-state index >= 15 is 0 Å². The molecule has 1 aromatic carbocycles. The first-order valence-corrected chi connectivity index (χ1v) is 7.88. The zero-order valence-corrected chi connectivity index (χ0v) is 15.0. The predicted molar refractivity (Wildman–Crippen MR) is 93.4 cm³/mol. The van der Waals surface area contributed by atoms with Crippen LogP contribution in [0.2, 0.25) is 0 Å². The molecular formula is C17H30ClNO3. The van der Waals surface area contributed by atoms with E-state index in [-0.39, 0.29) is 12.4 Å². The fraction of sp³-hybridized carbons (Fsp3) is 0.647. The van der Waals surface area contributed by atoms with Crippen molar-refractivity contribution in [2.24, 2.45) is 0 Å². The number of hydrogen-bond acceptors (Lipinski definition) is 4. The number of hydrogen-bond donors (Lipinski definition) is 1. The van der Waals surface area contributed by atoms with Crippen molar-refractivity contribution >= 4 is 12.4 Å². The Morgan fingerprint density at radius 1 is 1.05 bits per heavy atom. The molecule has 0 spiro atoms. The van der Waals surface area contributed by atoms with Gasteiger partial charge in [0, 0.05) is 13.2 Å². The number of halogens is 1. The third-order valence-electron chi connectivity index (χ3n) is 2.89. The molecule has 0 unspecified atom stereocenters. The molecule has 4 nitrogen and oxygen atoms in total. The molecule has 0 fully saturated rings. The predicted octanol–water partition coefficient (Wildman–Crippen LogP) is 3.81. The Hall–Kier alpha value is -0.970. The van der Waals surface area contributed by atoms with Crippen LogP contribution < -0.4 is 14.8 Å². The number of nitrogens with one attached hydrogen (secondary N) is 1. The highest BCUT2D eigenvalue weighted by Gasteiger charge is 2.05. The highest BCUT2D eigenvalue weighted by atomic mass is 35.5. The average molecular weight is 332 g/mol. The quantitative estimate of drug-likeness (QED) is 0.626. The average Bonchev–Trinajstić information content (AvgIpc) is 2.45. The molecule has 1 rings (SSSR count). The van der Waals surface area contributed by atoms with E-state index in [0.717, 1.165) is 37.6 Å². The standard InChI is InChI=1S/C17H29NO3.ClH/c1-5-19-16-9-8-15(12-17(16)20-6-2)13-18-10-7-11-21-14(3)4;/h8-9,12,14,18H,5-7,10-11,13H2,1-4H3;1H. The SMILES string of the molecule is CCOc1ccc(CNCCCOC(C)C)cc1OCC.Cl. The van der Waals surface area contributed by atoms with E-state index in [4.69, 9.17) is 14.2 Å². The van der Waals surface area contributed by atoms with Gasteiger partial charge in [-0.05, 0) is 58.4 Å². The first-order valence-electron chi connectivity index (χ1n) is 7.88. The van der Waals surface area contributed by atoms with Crippen molar-refractivity contribution in [1.29, 1.82) is 0 Å². The zero-order valence-electron chi connectivity index (χ0n) is 14.2. The van der Waals surface area contributed by atoms with E-state index in [1.165, 1.54) is 5.56 Å². The van der Waals surface area contributed by atoms with Gasteiger partial charge in [-0.1, -0.05) is 6.07 Å². The van der Waals surface area contributed by atoms with Crippen LogP contribution in [0.5, 0.6) is 11.5 Å². The summed E-state index contributed by atoms with van der Waals surface area (Å²) >= 11 is 0. The van der Waals surface area contributed by atoms with E-state index in [2.05, 4.69) is 25.2 Å². The second-order valence-corrected chi connectivity index (χ2v) is 5.10. The fourth-order valence-electron chi connectivity index (χ4n) is 1.95. The van der Waals surface area contributed by atoms with Crippen molar-refractivity contribution in [2.75, 3.05) is 26.4 Å². The van der Waals surface area contributed by atoms with Gasteiger partial charge >= 0.3 is 0 Å². The summed E-state index contributed by atoms with van der Waals surface area (Å²) < 4.78 is 16.7. The summed E-state index contributed by atoms with van der Waals surface area (Å²) in [5.74, 6) is 1.63. The number of ether oxygens (including phenoxy) is 3. The second kappa shape index (κ2) is 12.6. The minimum absolute atomic E-state index is 0. The van der Waals surface area contributed by atoms with Gasteiger partial charge in [0.2, 0.25) is 0 Å². The molecule has 0 saturated heterocycles. The lowest BCUT2D eigenvalue weighted by atomic mass is 10.2. The molecule has 0 amide bonds. The van der Waals surface area contributed by atoms with Gasteiger partial charge in [-0.25, -0.2) is 0 Å². The Bertz CT molecular complexity index is 399. The van der Waals surface area contributed by atoms with Gasteiger partial charge in [0.15, 0.2) is 11.5 Å². The van der Waals surface area contributed by atoms with Gasteiger partial charge in [0.05, 0.1) is 19.3 Å². The van der Waals surface area contributed by atoms with Crippen LogP contribution in [0.4, 0.5) is 0 Å². The Morgan fingerprint density at radius 3 is 2.36 bits per heavy atom. The van der Waals surface area contributed by atoms with Crippen LogP contribution in [0.1, 0.15) is 39.7 Å². The minimum Gasteiger partial charge on any atom is -0.490 e. The topological polar surface area (TPSA) is 39.7 Å². The molecule has 0 aliphatic rings. The molecule has 0 bridgehead atoms. The second-order valence-electron chi connectivity index (χ2n) is 5.10. The molecule has 0 atom stereocenters. The van der Waals surface area contributed by atoms with Gasteiger partial charge in [-0.3, -0.25) is 0 Å². The van der Waals surface area contributed by atoms with E-state index in [9.17, 15) is 0 Å². The van der Waals surface area contributed by atoms with Crippen LogP contribution in [-0.2, 0) is 11.3 Å². The summed E-state index contributed by atoms with van der Waals surface area (Å²) in [5.41, 5.74) is 1.20. The molecule has 1 N–H and O–H groups in total. The van der Waals surface area contributed by atoms with Gasteiger partial charge in [-0.2, -0.15) is 0 Å². The Morgan fingerprint density at radius 2 is 1.73 bits per heavy atom. The Balaban J connectivity index is 0.00000441. The van der Waals surface area contributed by atoms with Gasteiger partial charge in [-0.15, -0.1) is 12.4 Å². The largest absolute Gasteiger partial charge is 0.490 e. The summed E-state index contributed by atoms with van der Waals surface area (Å²) in [7, 11) is 0. The normalized spacial score (nSPS) is 10.4. The number of benzene rings is 1. The molecule has 0 radical (unpaired) electrons. The van der Waals surface area contributed by atoms with Gasteiger partial charge < -0.3 is 19.5 Å². The summed E-state index contributed by atoms with van der Waals surface area (Å²) in [6.07, 6.45) is 1.33. The van der Waals surface area contributed by atoms with Crippen molar-refractivity contribution in [2.45, 2.75) is 46.8 Å². The zero-order chi connectivity index (χ0) is 15.5. The smallest absolute Gasteiger partial charge is 0.161 e. The molecule has 5 heteroatoms. The molecule has 0 aliphatic carbocycles. The number of rotatable bonds is 11. The summed E-state index contributed by atoms with van der Waals surface area (Å²) in [5, 5.41) is 3.42. The van der Waals surface area contributed by atoms with Crippen LogP contribution in [0, 0.1) is 0 Å². The maximum Gasteiger partial charge on any atom is 0.161 e. The maximum absolute atomic E-state index is 5.63. The lowest BCUT2D eigenvalue weighted by Gasteiger charge is -2.13. The van der Waals surface area contributed by atoms with E-state index < -0.39 is 0 Å². The van der Waals surface area contributed by atoms with Crippen molar-refractivity contribution in [3.63, 3.8) is 0 Å². The van der Waals surface area contributed by atoms with Gasteiger partial charge in [0.1, 0.15) is 0 Å². The van der Waals surface area contributed by atoms with E-state index in [1.54, 1.807) is 0 Å². The highest BCUT2D eigenvalue weighted by molar-refractivity contribution is 5.85. The van der Waals surface area contributed by atoms with Crippen LogP contribution >= 0.6 is 12.4 Å². The maximum atomic E-state index is 5.63. The summed E-state index contributed by atoms with van der Waals surface area (Å²) in [6, 6.07) is 6.10. The molecule has 1 aromatic rings. The lowest BCUT2D eigenvalue weighted by molar-refractivity contribution is 0.0770. The van der Waals surface area contributed by atoms with Crippen LogP contribution in [0.15, 0.2) is 18.2 Å². The molecular weight excluding hydrogens is 302 g/mol. The third-order valence-corrected chi connectivity index (χ3v) is 2.89. The lowest BCUT2D eigenvalue weighted by Crippen LogP contribution is -2.17. The third kappa shape index (κ3) is 8.47. The Kier molecular flexibility index (Phi) is 12.0. The molecule has 0 aromatic heterocycles. The molecule has 22 heavy (non-hydrogen) atoms. The first-order chi connectivity index (χ1) is 10.2. The highest BCUT2D eigenvalue weighted by Crippen LogP contribution is 2.28. The Labute approximate surface area is 140 Å². The molecule has 128 valence electrons. The van der Waals surface area contributed by atoms with Crippen molar-refractivity contribution in [3.05, 3.63) is 23.8 Å². The fourth-order valence-corrected chi connectivity index (χ4v) is 1.95. The van der Waals surface area contributed by atoms with E-state index in [1.807, 2.05) is 26.0 Å². The summed E-state index contributed by atoms with van der Waals surface area (Å²) in [4.78, 5) is 0. The molecule has 0 saturated carbocycles. The van der Waals surface area contributed by atoms with Crippen molar-refractivity contribution in [3.8, 4) is 11.5 Å². The van der Waals surface area contributed by atoms with Crippen molar-refractivity contribution in [1.82, 2.24) is 5.32 Å². The van der Waals surface area contributed by atoms with Crippen LogP contribution in [0.25, 0.3) is 0 Å². The summed E-state index contributed by atoms with van der Waals surface area (Å²) in [6.45, 7) is 11.9. The van der Waals surface area contributed by atoms with Crippen LogP contribution in [0.3, 0.4) is 0 Å². The first kappa shape index (κ1) is 21.0. The van der Waals surface area contributed by atoms with Crippen LogP contribution in [-0.4, -0.2) is 32.5 Å².